The van der Waals surface area contributed by atoms with Crippen LogP contribution in [-0.2, 0) is 4.79 Å². The van der Waals surface area contributed by atoms with Crippen molar-refractivity contribution in [1.29, 1.82) is 0 Å². The van der Waals surface area contributed by atoms with E-state index in [0.29, 0.717) is 25.2 Å². The van der Waals surface area contributed by atoms with E-state index in [1.165, 1.54) is 12.1 Å². The van der Waals surface area contributed by atoms with Crippen molar-refractivity contribution in [3.63, 3.8) is 0 Å². The Morgan fingerprint density at radius 2 is 2.20 bits per heavy atom. The number of carboxylic acids is 1. The van der Waals surface area contributed by atoms with Crippen molar-refractivity contribution in [3.8, 4) is 0 Å². The zero-order chi connectivity index (χ0) is 14.7. The molecule has 0 spiro atoms. The highest BCUT2D eigenvalue weighted by Crippen LogP contribution is 2.26. The number of non-ortho nitro benzene ring substituents is 1. The summed E-state index contributed by atoms with van der Waals surface area (Å²) in [4.78, 5) is 34.4. The number of aromatic carboxylic acids is 1. The van der Waals surface area contributed by atoms with Crippen LogP contribution in [0.5, 0.6) is 0 Å². The van der Waals surface area contributed by atoms with E-state index in [9.17, 15) is 24.8 Å². The number of anilines is 1. The highest BCUT2D eigenvalue weighted by atomic mass is 16.6. The standard InChI is InChI=1S/C12H13N3O5/c16-11-7-14(5-1-4-13-11)10-3-2-8(15(19)20)6-9(10)12(17)18/h2-3,6H,1,4-5,7H2,(H,13,16)(H,17,18). The summed E-state index contributed by atoms with van der Waals surface area (Å²) in [5.74, 6) is -1.45. The molecule has 0 bridgehead atoms. The minimum atomic E-state index is -1.26. The average Bonchev–Trinajstić information content (AvgIpc) is 2.62. The Morgan fingerprint density at radius 3 is 2.85 bits per heavy atom. The molecule has 20 heavy (non-hydrogen) atoms. The number of carbonyl (C=O) groups excluding carboxylic acids is 1. The zero-order valence-corrected chi connectivity index (χ0v) is 10.5. The number of carbonyl (C=O) groups is 2. The number of benzene rings is 1. The Morgan fingerprint density at radius 1 is 1.45 bits per heavy atom. The summed E-state index contributed by atoms with van der Waals surface area (Å²) in [5.41, 5.74) is -0.139. The van der Waals surface area contributed by atoms with Crippen molar-refractivity contribution < 1.29 is 19.6 Å². The Labute approximate surface area is 114 Å². The molecule has 0 saturated carbocycles. The van der Waals surface area contributed by atoms with Crippen LogP contribution < -0.4 is 10.2 Å². The number of nitrogens with one attached hydrogen (secondary N) is 1. The van der Waals surface area contributed by atoms with Crippen LogP contribution in [-0.4, -0.2) is 41.5 Å². The van der Waals surface area contributed by atoms with Crippen molar-refractivity contribution in [2.24, 2.45) is 0 Å². The Balaban J connectivity index is 2.41. The second-order valence-electron chi connectivity index (χ2n) is 4.39. The second-order valence-corrected chi connectivity index (χ2v) is 4.39. The molecular weight excluding hydrogens is 266 g/mol. The van der Waals surface area contributed by atoms with Crippen LogP contribution in [0.4, 0.5) is 11.4 Å². The molecule has 1 heterocycles. The summed E-state index contributed by atoms with van der Waals surface area (Å²) in [6, 6.07) is 3.63. The first-order valence-electron chi connectivity index (χ1n) is 6.02. The summed E-state index contributed by atoms with van der Waals surface area (Å²) in [6.45, 7) is 1.08. The fourth-order valence-corrected chi connectivity index (χ4v) is 2.10. The number of carboxylic acid groups (broad SMARTS) is 1. The molecule has 2 rings (SSSR count). The SMILES string of the molecule is O=C1CN(c2ccc([N+](=O)[O-])cc2C(=O)O)CCCN1. The highest BCUT2D eigenvalue weighted by molar-refractivity contribution is 5.96. The molecule has 1 aromatic rings. The van der Waals surface area contributed by atoms with Crippen LogP contribution in [0.2, 0.25) is 0 Å². The zero-order valence-electron chi connectivity index (χ0n) is 10.5. The maximum Gasteiger partial charge on any atom is 0.338 e. The number of nitro groups is 1. The molecule has 1 saturated heterocycles. The molecule has 0 unspecified atom stereocenters. The highest BCUT2D eigenvalue weighted by Gasteiger charge is 2.22. The fraction of sp³-hybridized carbons (Fsp3) is 0.333. The molecule has 106 valence electrons. The van der Waals surface area contributed by atoms with E-state index < -0.39 is 10.9 Å². The Bertz CT molecular complexity index is 572. The largest absolute Gasteiger partial charge is 0.478 e. The maximum absolute atomic E-state index is 11.5. The molecule has 8 nitrogen and oxygen atoms in total. The van der Waals surface area contributed by atoms with Crippen LogP contribution in [0, 0.1) is 10.1 Å². The first-order chi connectivity index (χ1) is 9.49. The smallest absolute Gasteiger partial charge is 0.338 e. The van der Waals surface area contributed by atoms with Crippen LogP contribution >= 0.6 is 0 Å². The summed E-state index contributed by atoms with van der Waals surface area (Å²) in [6.07, 6.45) is 0.682. The number of hydrogen-bond donors (Lipinski definition) is 2. The van der Waals surface area contributed by atoms with Crippen molar-refractivity contribution in [2.45, 2.75) is 6.42 Å². The van der Waals surface area contributed by atoms with Gasteiger partial charge in [0.05, 0.1) is 22.7 Å². The number of hydrogen-bond acceptors (Lipinski definition) is 5. The van der Waals surface area contributed by atoms with Gasteiger partial charge < -0.3 is 15.3 Å². The predicted molar refractivity (Wildman–Crippen MR) is 69.9 cm³/mol. The Hall–Kier alpha value is -2.64. The number of rotatable bonds is 3. The van der Waals surface area contributed by atoms with Crippen molar-refractivity contribution in [2.75, 3.05) is 24.5 Å². The van der Waals surface area contributed by atoms with E-state index in [1.807, 2.05) is 0 Å². The number of nitro benzene ring substituents is 1. The van der Waals surface area contributed by atoms with E-state index >= 15 is 0 Å². The molecular formula is C12H13N3O5. The first-order valence-corrected chi connectivity index (χ1v) is 6.02. The van der Waals surface area contributed by atoms with E-state index in [-0.39, 0.29) is 23.7 Å². The van der Waals surface area contributed by atoms with Gasteiger partial charge in [0.15, 0.2) is 0 Å². The number of amides is 1. The molecule has 2 N–H and O–H groups in total. The third-order valence-corrected chi connectivity index (χ3v) is 3.02. The van der Waals surface area contributed by atoms with Gasteiger partial charge in [0, 0.05) is 25.2 Å². The van der Waals surface area contributed by atoms with E-state index in [2.05, 4.69) is 5.32 Å². The molecule has 1 amide bonds. The van der Waals surface area contributed by atoms with Crippen LogP contribution in [0.15, 0.2) is 18.2 Å². The minimum absolute atomic E-state index is 0.0398. The predicted octanol–water partition coefficient (Wildman–Crippen LogP) is 0.619. The fourth-order valence-electron chi connectivity index (χ4n) is 2.10. The minimum Gasteiger partial charge on any atom is -0.478 e. The lowest BCUT2D eigenvalue weighted by Gasteiger charge is -2.22. The van der Waals surface area contributed by atoms with Gasteiger partial charge >= 0.3 is 5.97 Å². The summed E-state index contributed by atoms with van der Waals surface area (Å²) in [7, 11) is 0. The Kier molecular flexibility index (Phi) is 3.83. The van der Waals surface area contributed by atoms with Gasteiger partial charge in [-0.2, -0.15) is 0 Å². The quantitative estimate of drug-likeness (QED) is 0.619. The van der Waals surface area contributed by atoms with Gasteiger partial charge in [-0.05, 0) is 12.5 Å². The third kappa shape index (κ3) is 2.85. The maximum atomic E-state index is 11.5. The molecule has 8 heteroatoms. The molecule has 0 aromatic heterocycles. The van der Waals surface area contributed by atoms with E-state index in [4.69, 9.17) is 0 Å². The van der Waals surface area contributed by atoms with Gasteiger partial charge in [-0.15, -0.1) is 0 Å². The summed E-state index contributed by atoms with van der Waals surface area (Å²) >= 11 is 0. The van der Waals surface area contributed by atoms with Gasteiger partial charge in [0.1, 0.15) is 0 Å². The molecule has 1 fully saturated rings. The summed E-state index contributed by atoms with van der Waals surface area (Å²) < 4.78 is 0. The monoisotopic (exact) mass is 279 g/mol. The lowest BCUT2D eigenvalue weighted by atomic mass is 10.1. The van der Waals surface area contributed by atoms with Crippen molar-refractivity contribution >= 4 is 23.3 Å². The lowest BCUT2D eigenvalue weighted by molar-refractivity contribution is -0.384. The van der Waals surface area contributed by atoms with Crippen LogP contribution in [0.1, 0.15) is 16.8 Å². The van der Waals surface area contributed by atoms with Gasteiger partial charge in [0.25, 0.3) is 5.69 Å². The topological polar surface area (TPSA) is 113 Å². The third-order valence-electron chi connectivity index (χ3n) is 3.02. The normalized spacial score (nSPS) is 15.4. The van der Waals surface area contributed by atoms with Gasteiger partial charge in [0.2, 0.25) is 5.91 Å². The second kappa shape index (κ2) is 5.55. The molecule has 1 aliphatic rings. The molecule has 1 aliphatic heterocycles. The van der Waals surface area contributed by atoms with Crippen LogP contribution in [0.3, 0.4) is 0 Å². The van der Waals surface area contributed by atoms with Gasteiger partial charge in [-0.25, -0.2) is 4.79 Å². The lowest BCUT2D eigenvalue weighted by Crippen LogP contribution is -2.33. The molecule has 1 aromatic carbocycles. The van der Waals surface area contributed by atoms with Crippen molar-refractivity contribution in [3.05, 3.63) is 33.9 Å². The van der Waals surface area contributed by atoms with E-state index in [0.717, 1.165) is 6.07 Å². The average molecular weight is 279 g/mol. The number of nitrogens with zero attached hydrogens (tertiary/aromatic N) is 2. The van der Waals surface area contributed by atoms with Gasteiger partial charge in [-0.1, -0.05) is 0 Å². The molecule has 0 radical (unpaired) electrons. The van der Waals surface area contributed by atoms with E-state index in [1.54, 1.807) is 4.90 Å². The van der Waals surface area contributed by atoms with Crippen molar-refractivity contribution in [1.82, 2.24) is 5.32 Å². The van der Waals surface area contributed by atoms with Gasteiger partial charge in [-0.3, -0.25) is 14.9 Å². The molecule has 0 atom stereocenters. The van der Waals surface area contributed by atoms with Crippen LogP contribution in [0.25, 0.3) is 0 Å². The summed E-state index contributed by atoms with van der Waals surface area (Å²) in [5, 5.41) is 22.6. The molecule has 0 aliphatic carbocycles. The first kappa shape index (κ1) is 13.8.